The molecule has 1 aliphatic heterocycles. The molecular formula is C20H26N4O. The molecule has 1 aromatic carbocycles. The molecule has 25 heavy (non-hydrogen) atoms. The van der Waals surface area contributed by atoms with E-state index < -0.39 is 0 Å². The van der Waals surface area contributed by atoms with E-state index in [0.29, 0.717) is 12.0 Å². The van der Waals surface area contributed by atoms with Crippen LogP contribution in [0.15, 0.2) is 36.9 Å². The molecular weight excluding hydrogens is 312 g/mol. The maximum absolute atomic E-state index is 13.1. The van der Waals surface area contributed by atoms with Gasteiger partial charge in [0.15, 0.2) is 0 Å². The Labute approximate surface area is 149 Å². The number of rotatable bonds is 3. The Morgan fingerprint density at radius 2 is 1.80 bits per heavy atom. The lowest BCUT2D eigenvalue weighted by Gasteiger charge is -2.44. The van der Waals surface area contributed by atoms with Crippen LogP contribution in [0.3, 0.4) is 0 Å². The summed E-state index contributed by atoms with van der Waals surface area (Å²) in [5.74, 6) is 0.168. The zero-order chi connectivity index (χ0) is 17.1. The maximum Gasteiger partial charge on any atom is 0.254 e. The van der Waals surface area contributed by atoms with Gasteiger partial charge < -0.3 is 4.90 Å². The number of benzene rings is 1. The number of nitrogens with zero attached hydrogens (tertiary/aromatic N) is 4. The first-order valence-corrected chi connectivity index (χ1v) is 9.45. The summed E-state index contributed by atoms with van der Waals surface area (Å²) in [6.45, 7) is 2.38. The van der Waals surface area contributed by atoms with E-state index in [1.165, 1.54) is 51.3 Å². The van der Waals surface area contributed by atoms with Crippen LogP contribution in [0.1, 0.15) is 60.9 Å². The van der Waals surface area contributed by atoms with Gasteiger partial charge in [0.25, 0.3) is 5.91 Å². The van der Waals surface area contributed by atoms with Crippen molar-refractivity contribution >= 4 is 5.91 Å². The van der Waals surface area contributed by atoms with Gasteiger partial charge in [-0.3, -0.25) is 4.79 Å². The molecule has 0 unspecified atom stereocenters. The quantitative estimate of drug-likeness (QED) is 0.860. The lowest BCUT2D eigenvalue weighted by Crippen LogP contribution is -2.44. The molecule has 5 heteroatoms. The van der Waals surface area contributed by atoms with E-state index in [9.17, 15) is 4.79 Å². The summed E-state index contributed by atoms with van der Waals surface area (Å²) in [7, 11) is 0. The number of hydrogen-bond donors (Lipinski definition) is 0. The molecule has 2 aliphatic rings. The zero-order valence-corrected chi connectivity index (χ0v) is 14.7. The van der Waals surface area contributed by atoms with Gasteiger partial charge in [0.2, 0.25) is 0 Å². The van der Waals surface area contributed by atoms with Crippen molar-refractivity contribution in [2.24, 2.45) is 5.41 Å². The molecule has 1 saturated heterocycles. The van der Waals surface area contributed by atoms with Crippen molar-refractivity contribution in [1.29, 1.82) is 0 Å². The maximum atomic E-state index is 13.1. The highest BCUT2D eigenvalue weighted by atomic mass is 16.2. The van der Waals surface area contributed by atoms with Gasteiger partial charge in [0, 0.05) is 18.7 Å². The molecule has 0 radical (unpaired) electrons. The molecule has 1 amide bonds. The topological polar surface area (TPSA) is 51.0 Å². The van der Waals surface area contributed by atoms with Crippen molar-refractivity contribution in [2.75, 3.05) is 13.1 Å². The first-order chi connectivity index (χ1) is 12.3. The van der Waals surface area contributed by atoms with Crippen molar-refractivity contribution in [1.82, 2.24) is 19.7 Å². The van der Waals surface area contributed by atoms with Crippen LogP contribution in [0.4, 0.5) is 0 Å². The van der Waals surface area contributed by atoms with Crippen LogP contribution in [0.2, 0.25) is 0 Å². The van der Waals surface area contributed by atoms with E-state index in [0.717, 1.165) is 24.2 Å². The van der Waals surface area contributed by atoms with Crippen LogP contribution in [-0.4, -0.2) is 38.7 Å². The number of aromatic nitrogens is 3. The van der Waals surface area contributed by atoms with Crippen LogP contribution in [0.25, 0.3) is 0 Å². The summed E-state index contributed by atoms with van der Waals surface area (Å²) >= 11 is 0. The fourth-order valence-corrected chi connectivity index (χ4v) is 4.51. The van der Waals surface area contributed by atoms with Gasteiger partial charge in [-0.05, 0) is 42.7 Å². The van der Waals surface area contributed by atoms with E-state index in [1.807, 2.05) is 24.3 Å². The number of hydrogen-bond acceptors (Lipinski definition) is 3. The van der Waals surface area contributed by atoms with Gasteiger partial charge in [-0.2, -0.15) is 5.10 Å². The fraction of sp³-hybridized carbons (Fsp3) is 0.550. The molecule has 1 spiro atoms. The number of amides is 1. The molecule has 0 atom stereocenters. The van der Waals surface area contributed by atoms with Gasteiger partial charge in [0.1, 0.15) is 12.7 Å². The molecule has 2 aromatic rings. The Bertz CT molecular complexity index is 709. The van der Waals surface area contributed by atoms with Crippen molar-refractivity contribution in [3.63, 3.8) is 0 Å². The molecule has 1 aliphatic carbocycles. The second-order valence-corrected chi connectivity index (χ2v) is 7.60. The predicted molar refractivity (Wildman–Crippen MR) is 96.2 cm³/mol. The van der Waals surface area contributed by atoms with Crippen molar-refractivity contribution in [3.8, 4) is 0 Å². The summed E-state index contributed by atoms with van der Waals surface area (Å²) in [5.41, 5.74) is 2.34. The summed E-state index contributed by atoms with van der Waals surface area (Å²) in [6, 6.07) is 7.89. The van der Waals surface area contributed by atoms with E-state index in [2.05, 4.69) is 15.0 Å². The predicted octanol–water partition coefficient (Wildman–Crippen LogP) is 3.51. The minimum atomic E-state index is 0.168. The molecule has 4 rings (SSSR count). The third kappa shape index (κ3) is 3.46. The monoisotopic (exact) mass is 338 g/mol. The summed E-state index contributed by atoms with van der Waals surface area (Å²) in [4.78, 5) is 19.1. The molecule has 2 heterocycles. The average Bonchev–Trinajstić information content (AvgIpc) is 3.16. The van der Waals surface area contributed by atoms with Crippen LogP contribution in [0, 0.1) is 5.41 Å². The Balaban J connectivity index is 1.46. The van der Waals surface area contributed by atoms with Crippen molar-refractivity contribution in [2.45, 2.75) is 51.5 Å². The second kappa shape index (κ2) is 6.98. The first kappa shape index (κ1) is 16.3. The molecule has 0 N–H and O–H groups in total. The molecule has 0 bridgehead atoms. The largest absolute Gasteiger partial charge is 0.339 e. The summed E-state index contributed by atoms with van der Waals surface area (Å²) in [5, 5.41) is 4.16. The van der Waals surface area contributed by atoms with E-state index in [4.69, 9.17) is 0 Å². The fourth-order valence-electron chi connectivity index (χ4n) is 4.51. The van der Waals surface area contributed by atoms with Gasteiger partial charge >= 0.3 is 0 Å². The van der Waals surface area contributed by atoms with Crippen LogP contribution in [-0.2, 0) is 6.54 Å². The molecule has 1 aromatic heterocycles. The normalized spacial score (nSPS) is 19.9. The van der Waals surface area contributed by atoms with Gasteiger partial charge in [-0.25, -0.2) is 9.67 Å². The molecule has 1 saturated carbocycles. The number of carbonyl (C=O) groups is 1. The smallest absolute Gasteiger partial charge is 0.254 e. The first-order valence-electron chi connectivity index (χ1n) is 9.45. The third-order valence-electron chi connectivity index (χ3n) is 6.07. The standard InChI is InChI=1S/C20H26N4O/c25-19(23-12-10-20(11-13-23)8-4-1-5-9-20)18-7-3-2-6-17(18)14-24-16-21-15-22-24/h2-3,6-7,15-16H,1,4-5,8-14H2. The highest BCUT2D eigenvalue weighted by Gasteiger charge is 2.37. The molecule has 5 nitrogen and oxygen atoms in total. The molecule has 132 valence electrons. The van der Waals surface area contributed by atoms with E-state index >= 15 is 0 Å². The number of likely N-dealkylation sites (tertiary alicyclic amines) is 1. The Kier molecular flexibility index (Phi) is 4.55. The van der Waals surface area contributed by atoms with Crippen LogP contribution >= 0.6 is 0 Å². The Morgan fingerprint density at radius 3 is 2.52 bits per heavy atom. The van der Waals surface area contributed by atoms with Crippen LogP contribution < -0.4 is 0 Å². The van der Waals surface area contributed by atoms with Crippen molar-refractivity contribution in [3.05, 3.63) is 48.0 Å². The third-order valence-corrected chi connectivity index (χ3v) is 6.07. The summed E-state index contributed by atoms with van der Waals surface area (Å²) in [6.07, 6.45) is 12.4. The van der Waals surface area contributed by atoms with Gasteiger partial charge in [-0.1, -0.05) is 37.5 Å². The summed E-state index contributed by atoms with van der Waals surface area (Å²) < 4.78 is 1.76. The highest BCUT2D eigenvalue weighted by molar-refractivity contribution is 5.95. The SMILES string of the molecule is O=C(c1ccccc1Cn1cncn1)N1CCC2(CCCCC2)CC1. The minimum Gasteiger partial charge on any atom is -0.339 e. The minimum absolute atomic E-state index is 0.168. The Morgan fingerprint density at radius 1 is 1.04 bits per heavy atom. The zero-order valence-electron chi connectivity index (χ0n) is 14.7. The number of piperidine rings is 1. The van der Waals surface area contributed by atoms with Gasteiger partial charge in [0.05, 0.1) is 6.54 Å². The average molecular weight is 338 g/mol. The van der Waals surface area contributed by atoms with Crippen LogP contribution in [0.5, 0.6) is 0 Å². The highest BCUT2D eigenvalue weighted by Crippen LogP contribution is 2.44. The number of carbonyl (C=O) groups excluding carboxylic acids is 1. The van der Waals surface area contributed by atoms with E-state index in [1.54, 1.807) is 11.0 Å². The second-order valence-electron chi connectivity index (χ2n) is 7.60. The van der Waals surface area contributed by atoms with E-state index in [-0.39, 0.29) is 5.91 Å². The molecule has 2 fully saturated rings. The van der Waals surface area contributed by atoms with Crippen molar-refractivity contribution < 1.29 is 4.79 Å². The van der Waals surface area contributed by atoms with Gasteiger partial charge in [-0.15, -0.1) is 0 Å². The lowest BCUT2D eigenvalue weighted by molar-refractivity contribution is 0.0471. The Hall–Kier alpha value is -2.17. The lowest BCUT2D eigenvalue weighted by atomic mass is 9.68.